The van der Waals surface area contributed by atoms with E-state index in [0.29, 0.717) is 11.1 Å². The lowest BCUT2D eigenvalue weighted by Gasteiger charge is -2.06. The molecule has 0 atom stereocenters. The van der Waals surface area contributed by atoms with Crippen molar-refractivity contribution in [1.29, 1.82) is 0 Å². The van der Waals surface area contributed by atoms with Gasteiger partial charge >= 0.3 is 11.9 Å². The number of ether oxygens (including phenoxy) is 2. The van der Waals surface area contributed by atoms with Crippen LogP contribution < -0.4 is 0 Å². The van der Waals surface area contributed by atoms with Gasteiger partial charge in [-0.3, -0.25) is 9.48 Å². The molecule has 2 aromatic heterocycles. The Morgan fingerprint density at radius 3 is 2.32 bits per heavy atom. The number of hydrogen-bond donors (Lipinski definition) is 0. The topological polar surface area (TPSA) is 105 Å². The summed E-state index contributed by atoms with van der Waals surface area (Å²) in [6, 6.07) is 0. The zero-order valence-corrected chi connectivity index (χ0v) is 14.6. The molecule has 2 heterocycles. The maximum atomic E-state index is 12.4. The Labute approximate surface area is 144 Å². The Morgan fingerprint density at radius 1 is 1.12 bits per heavy atom. The molecule has 0 radical (unpaired) electrons. The minimum absolute atomic E-state index is 0.0103. The van der Waals surface area contributed by atoms with Crippen LogP contribution in [0.4, 0.5) is 0 Å². The Morgan fingerprint density at radius 2 is 1.76 bits per heavy atom. The number of ketones is 1. The monoisotopic (exact) mass is 348 g/mol. The van der Waals surface area contributed by atoms with E-state index in [4.69, 9.17) is 9.47 Å². The van der Waals surface area contributed by atoms with Crippen molar-refractivity contribution in [3.63, 3.8) is 0 Å². The van der Waals surface area contributed by atoms with Crippen molar-refractivity contribution in [3.05, 3.63) is 34.9 Å². The van der Waals surface area contributed by atoms with Gasteiger partial charge in [0.15, 0.2) is 17.2 Å². The average molecular weight is 348 g/mol. The van der Waals surface area contributed by atoms with Gasteiger partial charge in [-0.2, -0.15) is 10.2 Å². The lowest BCUT2D eigenvalue weighted by atomic mass is 10.2. The van der Waals surface area contributed by atoms with Gasteiger partial charge in [0.2, 0.25) is 0 Å². The zero-order chi connectivity index (χ0) is 18.6. The summed E-state index contributed by atoms with van der Waals surface area (Å²) in [6.07, 6.45) is 2.99. The van der Waals surface area contributed by atoms with Crippen LogP contribution in [0.3, 0.4) is 0 Å². The maximum Gasteiger partial charge on any atom is 0.359 e. The predicted octanol–water partition coefficient (Wildman–Crippen LogP) is 1.16. The fraction of sp³-hybridized carbons (Fsp3) is 0.438. The molecule has 2 rings (SSSR count). The van der Waals surface area contributed by atoms with E-state index >= 15 is 0 Å². The third-order valence-electron chi connectivity index (χ3n) is 3.45. The van der Waals surface area contributed by atoms with Gasteiger partial charge in [0, 0.05) is 18.8 Å². The third-order valence-corrected chi connectivity index (χ3v) is 3.45. The summed E-state index contributed by atoms with van der Waals surface area (Å²) in [5.41, 5.74) is 0.741. The van der Waals surface area contributed by atoms with Crippen LogP contribution in [-0.2, 0) is 23.1 Å². The summed E-state index contributed by atoms with van der Waals surface area (Å²) < 4.78 is 12.6. The quantitative estimate of drug-likeness (QED) is 0.546. The number of carbonyl (C=O) groups is 3. The first-order valence-electron chi connectivity index (χ1n) is 7.82. The Balaban J connectivity index is 2.40. The highest BCUT2D eigenvalue weighted by atomic mass is 16.5. The molecular weight excluding hydrogens is 328 g/mol. The smallest absolute Gasteiger partial charge is 0.359 e. The first-order chi connectivity index (χ1) is 11.9. The zero-order valence-electron chi connectivity index (χ0n) is 14.6. The normalized spacial score (nSPS) is 10.6. The van der Waals surface area contributed by atoms with Crippen LogP contribution in [0.2, 0.25) is 0 Å². The van der Waals surface area contributed by atoms with Gasteiger partial charge in [-0.25, -0.2) is 14.3 Å². The van der Waals surface area contributed by atoms with E-state index in [9.17, 15) is 14.4 Å². The van der Waals surface area contributed by atoms with Crippen LogP contribution in [0.15, 0.2) is 12.4 Å². The van der Waals surface area contributed by atoms with Crippen molar-refractivity contribution in [1.82, 2.24) is 19.6 Å². The number of carbonyl (C=O) groups excluding carboxylic acids is 3. The van der Waals surface area contributed by atoms with Gasteiger partial charge in [0.25, 0.3) is 0 Å². The van der Waals surface area contributed by atoms with Gasteiger partial charge < -0.3 is 9.47 Å². The number of esters is 2. The first kappa shape index (κ1) is 18.4. The van der Waals surface area contributed by atoms with Crippen LogP contribution in [0.1, 0.15) is 50.7 Å². The van der Waals surface area contributed by atoms with E-state index in [1.807, 2.05) is 0 Å². The van der Waals surface area contributed by atoms with Crippen molar-refractivity contribution in [3.8, 4) is 0 Å². The van der Waals surface area contributed by atoms with Crippen molar-refractivity contribution < 1.29 is 23.9 Å². The fourth-order valence-electron chi connectivity index (χ4n) is 2.31. The molecule has 0 aliphatic carbocycles. The summed E-state index contributed by atoms with van der Waals surface area (Å²) in [5.74, 6) is -1.60. The molecule has 0 aromatic carbocycles. The molecule has 9 nitrogen and oxygen atoms in total. The fourth-order valence-corrected chi connectivity index (χ4v) is 2.31. The molecule has 0 unspecified atom stereocenters. The SMILES string of the molecule is CCOC(=O)c1nn(CC(=O)c2cnn(C)c2)c(C(=O)OCC)c1C. The van der Waals surface area contributed by atoms with Gasteiger partial charge in [0.1, 0.15) is 6.54 Å². The third kappa shape index (κ3) is 3.93. The number of nitrogens with zero attached hydrogens (tertiary/aromatic N) is 4. The molecule has 0 fully saturated rings. The molecule has 25 heavy (non-hydrogen) atoms. The summed E-state index contributed by atoms with van der Waals surface area (Å²) in [6.45, 7) is 5.02. The van der Waals surface area contributed by atoms with Crippen molar-refractivity contribution in [2.75, 3.05) is 13.2 Å². The van der Waals surface area contributed by atoms with E-state index in [1.165, 1.54) is 15.6 Å². The van der Waals surface area contributed by atoms with E-state index in [0.717, 1.165) is 0 Å². The number of aromatic nitrogens is 4. The number of hydrogen-bond acceptors (Lipinski definition) is 7. The molecule has 0 saturated heterocycles. The molecule has 0 bridgehead atoms. The van der Waals surface area contributed by atoms with Crippen LogP contribution >= 0.6 is 0 Å². The van der Waals surface area contributed by atoms with E-state index in [2.05, 4.69) is 10.2 Å². The highest BCUT2D eigenvalue weighted by Gasteiger charge is 2.27. The summed E-state index contributed by atoms with van der Waals surface area (Å²) in [5, 5.41) is 8.04. The lowest BCUT2D eigenvalue weighted by Crippen LogP contribution is -2.19. The standard InChI is InChI=1S/C16H20N4O5/c1-5-24-15(22)13-10(3)14(16(23)25-6-2)20(18-13)9-12(21)11-7-17-19(4)8-11/h7-8H,5-6,9H2,1-4H3. The van der Waals surface area contributed by atoms with E-state index in [1.54, 1.807) is 34.0 Å². The number of aryl methyl sites for hydroxylation is 1. The molecule has 0 N–H and O–H groups in total. The van der Waals surface area contributed by atoms with Crippen molar-refractivity contribution in [2.45, 2.75) is 27.3 Å². The maximum absolute atomic E-state index is 12.4. The lowest BCUT2D eigenvalue weighted by molar-refractivity contribution is 0.0505. The van der Waals surface area contributed by atoms with Crippen LogP contribution in [0.25, 0.3) is 0 Å². The molecule has 0 spiro atoms. The summed E-state index contributed by atoms with van der Waals surface area (Å²) in [4.78, 5) is 36.7. The van der Waals surface area contributed by atoms with E-state index in [-0.39, 0.29) is 36.9 Å². The molecule has 0 aliphatic rings. The highest BCUT2D eigenvalue weighted by molar-refractivity contribution is 5.98. The van der Waals surface area contributed by atoms with Gasteiger partial charge in [-0.1, -0.05) is 0 Å². The molecule has 2 aromatic rings. The van der Waals surface area contributed by atoms with Crippen molar-refractivity contribution >= 4 is 17.7 Å². The minimum Gasteiger partial charge on any atom is -0.461 e. The van der Waals surface area contributed by atoms with Crippen LogP contribution in [0.5, 0.6) is 0 Å². The molecule has 9 heteroatoms. The highest BCUT2D eigenvalue weighted by Crippen LogP contribution is 2.17. The van der Waals surface area contributed by atoms with Crippen LogP contribution in [0, 0.1) is 6.92 Å². The Bertz CT molecular complexity index is 806. The first-order valence-corrected chi connectivity index (χ1v) is 7.82. The molecule has 0 aliphatic heterocycles. The van der Waals surface area contributed by atoms with Gasteiger partial charge in [-0.15, -0.1) is 0 Å². The summed E-state index contributed by atoms with van der Waals surface area (Å²) >= 11 is 0. The van der Waals surface area contributed by atoms with Crippen LogP contribution in [-0.4, -0.2) is 50.5 Å². The Hall–Kier alpha value is -2.97. The number of rotatable bonds is 7. The second-order valence-electron chi connectivity index (χ2n) is 5.25. The van der Waals surface area contributed by atoms with Gasteiger partial charge in [-0.05, 0) is 20.8 Å². The molecule has 0 amide bonds. The van der Waals surface area contributed by atoms with Crippen molar-refractivity contribution in [2.24, 2.45) is 7.05 Å². The van der Waals surface area contributed by atoms with Gasteiger partial charge in [0.05, 0.1) is 25.0 Å². The Kier molecular flexibility index (Phi) is 5.68. The molecule has 0 saturated carbocycles. The predicted molar refractivity (Wildman–Crippen MR) is 86.4 cm³/mol. The largest absolute Gasteiger partial charge is 0.461 e. The summed E-state index contributed by atoms with van der Waals surface area (Å²) in [7, 11) is 1.69. The average Bonchev–Trinajstić information content (AvgIpc) is 3.12. The molecule has 134 valence electrons. The molecular formula is C16H20N4O5. The minimum atomic E-state index is -0.655. The second-order valence-corrected chi connectivity index (χ2v) is 5.25. The number of Topliss-reactive ketones (excluding diaryl/α,β-unsaturated/α-hetero) is 1. The second kappa shape index (κ2) is 7.73. The van der Waals surface area contributed by atoms with E-state index < -0.39 is 11.9 Å².